The summed E-state index contributed by atoms with van der Waals surface area (Å²) in [4.78, 5) is 0. The molecule has 0 N–H and O–H groups in total. The lowest BCUT2D eigenvalue weighted by molar-refractivity contribution is 0.419. The second-order valence-electron chi connectivity index (χ2n) is 4.99. The first kappa shape index (κ1) is 24.5. The lowest BCUT2D eigenvalue weighted by Crippen LogP contribution is -2.01. The van der Waals surface area contributed by atoms with Crippen molar-refractivity contribution < 1.29 is 0 Å². The minimum atomic E-state index is 0.920. The molecule has 0 radical (unpaired) electrons. The van der Waals surface area contributed by atoms with Gasteiger partial charge in [-0.05, 0) is 46.0 Å². The molecule has 0 spiro atoms. The Morgan fingerprint density at radius 3 is 1.75 bits per heavy atom. The van der Waals surface area contributed by atoms with Gasteiger partial charge < -0.3 is 0 Å². The highest BCUT2D eigenvalue weighted by Crippen LogP contribution is 2.24. The third-order valence-corrected chi connectivity index (χ3v) is 2.96. The summed E-state index contributed by atoms with van der Waals surface area (Å²) in [5.74, 6) is 0.920. The Morgan fingerprint density at radius 2 is 1.45 bits per heavy atom. The molecular weight excluding hydrogens is 240 g/mol. The monoisotopic (exact) mass is 282 g/mol. The Balaban J connectivity index is -0.000000236. The van der Waals surface area contributed by atoms with Crippen molar-refractivity contribution >= 4 is 0 Å². The summed E-state index contributed by atoms with van der Waals surface area (Å²) in [6, 6.07) is 0. The van der Waals surface area contributed by atoms with Crippen LogP contribution in [0.1, 0.15) is 100 Å². The van der Waals surface area contributed by atoms with Crippen LogP contribution in [0.15, 0.2) is 23.8 Å². The normalized spacial score (nSPS) is 14.0. The van der Waals surface area contributed by atoms with Crippen molar-refractivity contribution in [1.29, 1.82) is 0 Å². The molecule has 0 heteroatoms. The van der Waals surface area contributed by atoms with Crippen LogP contribution in [-0.4, -0.2) is 0 Å². The Bertz CT molecular complexity index is 188. The molecule has 20 heavy (non-hydrogen) atoms. The molecule has 122 valence electrons. The first-order chi connectivity index (χ1) is 9.70. The van der Waals surface area contributed by atoms with E-state index in [0.717, 1.165) is 5.92 Å². The van der Waals surface area contributed by atoms with Gasteiger partial charge in [-0.25, -0.2) is 0 Å². The molecule has 1 fully saturated rings. The van der Waals surface area contributed by atoms with Gasteiger partial charge >= 0.3 is 0 Å². The van der Waals surface area contributed by atoms with Gasteiger partial charge in [0.2, 0.25) is 0 Å². The van der Waals surface area contributed by atoms with Crippen molar-refractivity contribution in [3.8, 4) is 0 Å². The van der Waals surface area contributed by atoms with Crippen LogP contribution in [0.25, 0.3) is 0 Å². The van der Waals surface area contributed by atoms with Crippen molar-refractivity contribution in [2.45, 2.75) is 100 Å². The summed E-state index contributed by atoms with van der Waals surface area (Å²) in [7, 11) is 0. The first-order valence-corrected chi connectivity index (χ1v) is 8.96. The lowest BCUT2D eigenvalue weighted by atomic mass is 9.89. The van der Waals surface area contributed by atoms with Gasteiger partial charge in [0, 0.05) is 0 Å². The molecule has 0 amide bonds. The molecule has 0 nitrogen and oxygen atoms in total. The van der Waals surface area contributed by atoms with E-state index in [0.29, 0.717) is 0 Å². The molecular formula is C20H42. The van der Waals surface area contributed by atoms with E-state index < -0.39 is 0 Å². The molecule has 0 unspecified atom stereocenters. The van der Waals surface area contributed by atoms with Crippen LogP contribution >= 0.6 is 0 Å². The number of allylic oxidation sites excluding steroid dienone is 4. The molecule has 1 rings (SSSR count). The molecule has 0 aliphatic heterocycles. The zero-order valence-electron chi connectivity index (χ0n) is 15.8. The molecule has 0 aromatic rings. The highest BCUT2D eigenvalue weighted by atomic mass is 14.1. The van der Waals surface area contributed by atoms with E-state index in [1.54, 1.807) is 0 Å². The van der Waals surface area contributed by atoms with Crippen LogP contribution in [0.2, 0.25) is 0 Å². The second kappa shape index (κ2) is 23.6. The van der Waals surface area contributed by atoms with E-state index in [2.05, 4.69) is 45.9 Å². The van der Waals surface area contributed by atoms with E-state index in [-0.39, 0.29) is 0 Å². The molecule has 0 heterocycles. The van der Waals surface area contributed by atoms with Crippen LogP contribution in [-0.2, 0) is 0 Å². The molecule has 0 atom stereocenters. The zero-order valence-corrected chi connectivity index (χ0v) is 15.8. The summed E-state index contributed by atoms with van der Waals surface area (Å²) in [6.07, 6.45) is 16.6. The third-order valence-electron chi connectivity index (χ3n) is 2.96. The molecule has 0 saturated heterocycles. The first-order valence-electron chi connectivity index (χ1n) is 8.96. The fourth-order valence-corrected chi connectivity index (χ4v) is 2.03. The van der Waals surface area contributed by atoms with Crippen molar-refractivity contribution in [3.63, 3.8) is 0 Å². The standard InChI is InChI=1S/C9H16.C7H14.2C2H6/c1-2-6-9-7-4-3-5-8-9;1-4-5-6-7(2)3;2*1-2/h2,6,9H,3-5,7-8H2,1H3;6H,4-5H2,1-3H3;2*1-2H3/b6-2+;;;. The summed E-state index contributed by atoms with van der Waals surface area (Å²) in [5, 5.41) is 0. The van der Waals surface area contributed by atoms with Crippen LogP contribution < -0.4 is 0 Å². The predicted octanol–water partition coefficient (Wildman–Crippen LogP) is 7.95. The van der Waals surface area contributed by atoms with E-state index in [9.17, 15) is 0 Å². The summed E-state index contributed by atoms with van der Waals surface area (Å²) in [6.45, 7) is 16.6. The Kier molecular flexibility index (Phi) is 28.9. The Hall–Kier alpha value is -0.520. The van der Waals surface area contributed by atoms with Crippen LogP contribution in [0.4, 0.5) is 0 Å². The highest BCUT2D eigenvalue weighted by Gasteiger charge is 2.08. The fourth-order valence-electron chi connectivity index (χ4n) is 2.03. The number of hydrogen-bond donors (Lipinski definition) is 0. The summed E-state index contributed by atoms with van der Waals surface area (Å²) in [5.41, 5.74) is 1.43. The van der Waals surface area contributed by atoms with Gasteiger partial charge in [0.05, 0.1) is 0 Å². The van der Waals surface area contributed by atoms with Gasteiger partial charge in [0.25, 0.3) is 0 Å². The lowest BCUT2D eigenvalue weighted by Gasteiger charge is -2.17. The average molecular weight is 283 g/mol. The van der Waals surface area contributed by atoms with E-state index in [4.69, 9.17) is 0 Å². The van der Waals surface area contributed by atoms with Crippen LogP contribution in [0.5, 0.6) is 0 Å². The maximum absolute atomic E-state index is 2.36. The molecule has 1 aliphatic carbocycles. The topological polar surface area (TPSA) is 0 Å². The highest BCUT2D eigenvalue weighted by molar-refractivity contribution is 4.92. The van der Waals surface area contributed by atoms with Gasteiger partial charge in [-0.15, -0.1) is 0 Å². The van der Waals surface area contributed by atoms with Crippen LogP contribution in [0, 0.1) is 5.92 Å². The van der Waals surface area contributed by atoms with Gasteiger partial charge in [-0.2, -0.15) is 0 Å². The maximum atomic E-state index is 2.36. The van der Waals surface area contributed by atoms with Crippen molar-refractivity contribution in [3.05, 3.63) is 23.8 Å². The van der Waals surface area contributed by atoms with Gasteiger partial charge in [0.15, 0.2) is 0 Å². The number of rotatable bonds is 3. The Labute approximate surface area is 130 Å². The molecule has 1 saturated carbocycles. The van der Waals surface area contributed by atoms with Crippen molar-refractivity contribution in [2.24, 2.45) is 5.92 Å². The van der Waals surface area contributed by atoms with Crippen LogP contribution in [0.3, 0.4) is 0 Å². The second-order valence-corrected chi connectivity index (χ2v) is 4.99. The van der Waals surface area contributed by atoms with E-state index in [1.165, 1.54) is 50.5 Å². The van der Waals surface area contributed by atoms with Crippen molar-refractivity contribution in [1.82, 2.24) is 0 Å². The minimum Gasteiger partial charge on any atom is -0.0914 e. The number of hydrogen-bond acceptors (Lipinski definition) is 0. The Morgan fingerprint density at radius 1 is 0.950 bits per heavy atom. The quantitative estimate of drug-likeness (QED) is 0.461. The van der Waals surface area contributed by atoms with E-state index >= 15 is 0 Å². The fraction of sp³-hybridized carbons (Fsp3) is 0.800. The number of unbranched alkanes of at least 4 members (excludes halogenated alkanes) is 1. The summed E-state index contributed by atoms with van der Waals surface area (Å²) >= 11 is 0. The molecule has 0 aromatic heterocycles. The van der Waals surface area contributed by atoms with Crippen molar-refractivity contribution in [2.75, 3.05) is 0 Å². The maximum Gasteiger partial charge on any atom is -0.0234 e. The minimum absolute atomic E-state index is 0.920. The van der Waals surface area contributed by atoms with Gasteiger partial charge in [-0.1, -0.05) is 84.1 Å². The SMILES string of the molecule is C/C=C/C1CCCCC1.CC.CC.CCCC=C(C)C. The van der Waals surface area contributed by atoms with E-state index in [1.807, 2.05) is 27.7 Å². The summed E-state index contributed by atoms with van der Waals surface area (Å²) < 4.78 is 0. The molecule has 0 aromatic carbocycles. The third kappa shape index (κ3) is 22.6. The smallest absolute Gasteiger partial charge is 0.0234 e. The largest absolute Gasteiger partial charge is 0.0914 e. The zero-order chi connectivity index (χ0) is 16.2. The molecule has 1 aliphatic rings. The van der Waals surface area contributed by atoms with Gasteiger partial charge in [0.1, 0.15) is 0 Å². The average Bonchev–Trinajstić information content (AvgIpc) is 2.51. The molecule has 0 bridgehead atoms. The van der Waals surface area contributed by atoms with Gasteiger partial charge in [-0.3, -0.25) is 0 Å². The predicted molar refractivity (Wildman–Crippen MR) is 98.4 cm³/mol.